The van der Waals surface area contributed by atoms with Crippen LogP contribution in [0.15, 0.2) is 49.1 Å². The lowest BCUT2D eigenvalue weighted by molar-refractivity contribution is 0.0277. The van der Waals surface area contributed by atoms with Gasteiger partial charge in [0.05, 0.1) is 42.6 Å². The monoisotopic (exact) mass is 364 g/mol. The molecule has 0 spiro atoms. The topological polar surface area (TPSA) is 94.0 Å². The van der Waals surface area contributed by atoms with Gasteiger partial charge in [-0.3, -0.25) is 9.78 Å². The SMILES string of the molecule is Cc1cnc(-n2cc(C(=O)Nc3ccc(C4CNCCO4)cc3)cn2)cn1. The molecule has 2 N–H and O–H groups in total. The lowest BCUT2D eigenvalue weighted by Crippen LogP contribution is -2.33. The molecule has 138 valence electrons. The molecule has 0 saturated carbocycles. The maximum Gasteiger partial charge on any atom is 0.258 e. The summed E-state index contributed by atoms with van der Waals surface area (Å²) in [6.45, 7) is 4.25. The fourth-order valence-corrected chi connectivity index (χ4v) is 2.83. The molecular weight excluding hydrogens is 344 g/mol. The summed E-state index contributed by atoms with van der Waals surface area (Å²) >= 11 is 0. The Morgan fingerprint density at radius 2 is 2.07 bits per heavy atom. The lowest BCUT2D eigenvalue weighted by Gasteiger charge is -2.24. The van der Waals surface area contributed by atoms with Crippen LogP contribution < -0.4 is 10.6 Å². The van der Waals surface area contributed by atoms with Gasteiger partial charge in [0.25, 0.3) is 5.91 Å². The fraction of sp³-hybridized carbons (Fsp3) is 0.263. The van der Waals surface area contributed by atoms with Gasteiger partial charge in [0.15, 0.2) is 5.82 Å². The second kappa shape index (κ2) is 7.65. The Bertz CT molecular complexity index is 914. The number of nitrogens with zero attached hydrogens (tertiary/aromatic N) is 4. The zero-order valence-electron chi connectivity index (χ0n) is 14.9. The van der Waals surface area contributed by atoms with Crippen molar-refractivity contribution in [3.8, 4) is 5.82 Å². The quantitative estimate of drug-likeness (QED) is 0.734. The first-order valence-electron chi connectivity index (χ1n) is 8.76. The van der Waals surface area contributed by atoms with Crippen molar-refractivity contribution >= 4 is 11.6 Å². The van der Waals surface area contributed by atoms with E-state index in [9.17, 15) is 4.79 Å². The molecule has 1 aromatic carbocycles. The normalized spacial score (nSPS) is 16.9. The Balaban J connectivity index is 1.42. The molecule has 1 atom stereocenters. The molecule has 1 saturated heterocycles. The second-order valence-electron chi connectivity index (χ2n) is 6.33. The van der Waals surface area contributed by atoms with Gasteiger partial charge in [-0.2, -0.15) is 5.10 Å². The Kier molecular flexibility index (Phi) is 4.91. The van der Waals surface area contributed by atoms with Crippen LogP contribution in [0.5, 0.6) is 0 Å². The number of benzene rings is 1. The van der Waals surface area contributed by atoms with E-state index in [4.69, 9.17) is 4.74 Å². The molecule has 2 aromatic heterocycles. The van der Waals surface area contributed by atoms with Gasteiger partial charge in [0, 0.05) is 25.0 Å². The first-order valence-corrected chi connectivity index (χ1v) is 8.76. The third-order valence-corrected chi connectivity index (χ3v) is 4.31. The Hall–Kier alpha value is -3.10. The summed E-state index contributed by atoms with van der Waals surface area (Å²) in [6, 6.07) is 7.69. The molecular formula is C19H20N6O2. The van der Waals surface area contributed by atoms with E-state index in [0.29, 0.717) is 18.0 Å². The molecule has 4 rings (SSSR count). The van der Waals surface area contributed by atoms with Crippen molar-refractivity contribution in [3.05, 3.63) is 65.9 Å². The zero-order chi connectivity index (χ0) is 18.6. The van der Waals surface area contributed by atoms with E-state index in [1.165, 1.54) is 10.9 Å². The van der Waals surface area contributed by atoms with Crippen molar-refractivity contribution in [3.63, 3.8) is 0 Å². The van der Waals surface area contributed by atoms with Crippen LogP contribution in [0, 0.1) is 6.92 Å². The van der Waals surface area contributed by atoms with Crippen LogP contribution in [0.3, 0.4) is 0 Å². The third-order valence-electron chi connectivity index (χ3n) is 4.31. The minimum absolute atomic E-state index is 0.0531. The number of hydrogen-bond donors (Lipinski definition) is 2. The summed E-state index contributed by atoms with van der Waals surface area (Å²) in [5, 5.41) is 10.4. The molecule has 1 fully saturated rings. The first-order chi connectivity index (χ1) is 13.2. The van der Waals surface area contributed by atoms with E-state index >= 15 is 0 Å². The molecule has 8 nitrogen and oxygen atoms in total. The van der Waals surface area contributed by atoms with Gasteiger partial charge in [-0.25, -0.2) is 9.67 Å². The van der Waals surface area contributed by atoms with Crippen molar-refractivity contribution in [2.24, 2.45) is 0 Å². The van der Waals surface area contributed by atoms with E-state index < -0.39 is 0 Å². The summed E-state index contributed by atoms with van der Waals surface area (Å²) in [5.41, 5.74) is 3.07. The Labute approximate surface area is 156 Å². The summed E-state index contributed by atoms with van der Waals surface area (Å²) in [6.07, 6.45) is 6.46. The highest BCUT2D eigenvalue weighted by molar-refractivity contribution is 6.03. The van der Waals surface area contributed by atoms with Gasteiger partial charge in [-0.05, 0) is 24.6 Å². The van der Waals surface area contributed by atoms with Crippen LogP contribution in [0.25, 0.3) is 5.82 Å². The minimum atomic E-state index is -0.232. The largest absolute Gasteiger partial charge is 0.371 e. The van der Waals surface area contributed by atoms with Gasteiger partial charge in [0.2, 0.25) is 0 Å². The predicted octanol–water partition coefficient (Wildman–Crippen LogP) is 1.88. The molecule has 1 unspecified atom stereocenters. The van der Waals surface area contributed by atoms with Crippen LogP contribution in [0.1, 0.15) is 27.7 Å². The van der Waals surface area contributed by atoms with Crippen LogP contribution in [-0.2, 0) is 4.74 Å². The van der Waals surface area contributed by atoms with Gasteiger partial charge in [0.1, 0.15) is 0 Å². The van der Waals surface area contributed by atoms with Crippen LogP contribution in [-0.4, -0.2) is 45.4 Å². The number of ether oxygens (including phenoxy) is 1. The number of rotatable bonds is 4. The Morgan fingerprint density at radius 3 is 2.78 bits per heavy atom. The van der Waals surface area contributed by atoms with Crippen LogP contribution in [0.2, 0.25) is 0 Å². The second-order valence-corrected chi connectivity index (χ2v) is 6.33. The molecule has 1 aliphatic rings. The molecule has 3 heterocycles. The van der Waals surface area contributed by atoms with E-state index in [-0.39, 0.29) is 12.0 Å². The number of aryl methyl sites for hydroxylation is 1. The van der Waals surface area contributed by atoms with E-state index in [0.717, 1.165) is 30.0 Å². The average molecular weight is 364 g/mol. The molecule has 1 aliphatic heterocycles. The van der Waals surface area contributed by atoms with Gasteiger partial charge in [-0.1, -0.05) is 12.1 Å². The number of morpholine rings is 1. The zero-order valence-corrected chi connectivity index (χ0v) is 14.9. The number of nitrogens with one attached hydrogen (secondary N) is 2. The number of carbonyl (C=O) groups excluding carboxylic acids is 1. The molecule has 0 aliphatic carbocycles. The highest BCUT2D eigenvalue weighted by Crippen LogP contribution is 2.21. The van der Waals surface area contributed by atoms with Gasteiger partial charge >= 0.3 is 0 Å². The number of anilines is 1. The first kappa shape index (κ1) is 17.3. The van der Waals surface area contributed by atoms with Crippen LogP contribution in [0.4, 0.5) is 5.69 Å². The molecule has 0 radical (unpaired) electrons. The van der Waals surface area contributed by atoms with E-state index in [1.54, 1.807) is 18.6 Å². The van der Waals surface area contributed by atoms with Crippen molar-refractivity contribution < 1.29 is 9.53 Å². The molecule has 3 aromatic rings. The molecule has 27 heavy (non-hydrogen) atoms. The maximum atomic E-state index is 12.5. The molecule has 0 bridgehead atoms. The Morgan fingerprint density at radius 1 is 1.22 bits per heavy atom. The van der Waals surface area contributed by atoms with E-state index in [2.05, 4.69) is 25.7 Å². The summed E-state index contributed by atoms with van der Waals surface area (Å²) in [7, 11) is 0. The van der Waals surface area contributed by atoms with Crippen molar-refractivity contribution in [1.29, 1.82) is 0 Å². The molecule has 8 heteroatoms. The van der Waals surface area contributed by atoms with Crippen molar-refractivity contribution in [2.45, 2.75) is 13.0 Å². The number of hydrogen-bond acceptors (Lipinski definition) is 6. The van der Waals surface area contributed by atoms with Crippen molar-refractivity contribution in [2.75, 3.05) is 25.0 Å². The predicted molar refractivity (Wildman–Crippen MR) is 99.8 cm³/mol. The maximum absolute atomic E-state index is 12.5. The highest BCUT2D eigenvalue weighted by atomic mass is 16.5. The highest BCUT2D eigenvalue weighted by Gasteiger charge is 2.16. The summed E-state index contributed by atoms with van der Waals surface area (Å²) in [4.78, 5) is 20.9. The average Bonchev–Trinajstić information content (AvgIpc) is 3.20. The summed E-state index contributed by atoms with van der Waals surface area (Å²) < 4.78 is 7.26. The van der Waals surface area contributed by atoms with Gasteiger partial charge < -0.3 is 15.4 Å². The minimum Gasteiger partial charge on any atom is -0.371 e. The smallest absolute Gasteiger partial charge is 0.258 e. The molecule has 1 amide bonds. The number of aromatic nitrogens is 4. The fourth-order valence-electron chi connectivity index (χ4n) is 2.83. The third kappa shape index (κ3) is 4.02. The number of carbonyl (C=O) groups is 1. The van der Waals surface area contributed by atoms with E-state index in [1.807, 2.05) is 31.2 Å². The van der Waals surface area contributed by atoms with Crippen molar-refractivity contribution in [1.82, 2.24) is 25.1 Å². The lowest BCUT2D eigenvalue weighted by atomic mass is 10.1. The standard InChI is InChI=1S/C19H20N6O2/c1-13-8-22-18(11-21-13)25-12-15(9-23-25)19(26)24-16-4-2-14(3-5-16)17-10-20-6-7-27-17/h2-5,8-9,11-12,17,20H,6-7,10H2,1H3,(H,24,26). The number of amides is 1. The van der Waals surface area contributed by atoms with Crippen LogP contribution >= 0.6 is 0 Å². The van der Waals surface area contributed by atoms with Gasteiger partial charge in [-0.15, -0.1) is 0 Å². The summed E-state index contributed by atoms with van der Waals surface area (Å²) in [5.74, 6) is 0.328.